The Morgan fingerprint density at radius 3 is 2.53 bits per heavy atom. The minimum atomic E-state index is -1.62. The van der Waals surface area contributed by atoms with Gasteiger partial charge in [0.05, 0.1) is 0 Å². The fourth-order valence-electron chi connectivity index (χ4n) is 1.06. The second-order valence-corrected chi connectivity index (χ2v) is 3.71. The lowest BCUT2D eigenvalue weighted by atomic mass is 10.1. The summed E-state index contributed by atoms with van der Waals surface area (Å²) in [6, 6.07) is 4.44. The van der Waals surface area contributed by atoms with E-state index in [1.807, 2.05) is 0 Å². The number of carboxylic acid groups (broad SMARTS) is 1. The summed E-state index contributed by atoms with van der Waals surface area (Å²) in [6.45, 7) is 1.33. The van der Waals surface area contributed by atoms with Crippen LogP contribution in [0.15, 0.2) is 24.0 Å². The molecule has 0 saturated heterocycles. The molecule has 1 rings (SSSR count). The van der Waals surface area contributed by atoms with Crippen LogP contribution in [0, 0.1) is 0 Å². The van der Waals surface area contributed by atoms with E-state index < -0.39 is 11.8 Å². The molecule has 0 aliphatic heterocycles. The molecule has 1 N–H and O–H groups in total. The number of carboxylic acids is 1. The number of halogens is 3. The summed E-state index contributed by atoms with van der Waals surface area (Å²) in [5.74, 6) is -2.86. The maximum absolute atomic E-state index is 13.1. The van der Waals surface area contributed by atoms with Gasteiger partial charge in [0.15, 0.2) is 0 Å². The van der Waals surface area contributed by atoms with Gasteiger partial charge in [0, 0.05) is 21.2 Å². The van der Waals surface area contributed by atoms with Crippen molar-refractivity contribution in [2.75, 3.05) is 0 Å². The van der Waals surface area contributed by atoms with Gasteiger partial charge in [-0.25, -0.2) is 4.79 Å². The Morgan fingerprint density at radius 1 is 1.40 bits per heavy atom. The standard InChI is InChI=1S/C10H7Cl2FO2/c1-5(9(13)10(14)15)7-4-6(11)2-3-8(7)12/h2-4H,1H3,(H,14,15). The monoisotopic (exact) mass is 248 g/mol. The first-order chi connectivity index (χ1) is 6.93. The SMILES string of the molecule is CC(=C(F)C(=O)O)c1cc(Cl)ccc1Cl. The van der Waals surface area contributed by atoms with Crippen LogP contribution in [0.2, 0.25) is 10.0 Å². The first-order valence-corrected chi connectivity index (χ1v) is 4.74. The van der Waals surface area contributed by atoms with Gasteiger partial charge in [-0.15, -0.1) is 0 Å². The predicted molar refractivity (Wildman–Crippen MR) is 57.8 cm³/mol. The van der Waals surface area contributed by atoms with E-state index in [-0.39, 0.29) is 16.2 Å². The maximum atomic E-state index is 13.1. The summed E-state index contributed by atoms with van der Waals surface area (Å²) in [5, 5.41) is 9.09. The molecule has 15 heavy (non-hydrogen) atoms. The summed E-state index contributed by atoms with van der Waals surface area (Å²) >= 11 is 11.5. The van der Waals surface area contributed by atoms with E-state index in [2.05, 4.69) is 0 Å². The van der Waals surface area contributed by atoms with Crippen LogP contribution in [0.4, 0.5) is 4.39 Å². The van der Waals surface area contributed by atoms with Gasteiger partial charge in [-0.2, -0.15) is 4.39 Å². The lowest BCUT2D eigenvalue weighted by molar-refractivity contribution is -0.134. The molecule has 0 aliphatic rings. The second kappa shape index (κ2) is 4.64. The van der Waals surface area contributed by atoms with Gasteiger partial charge >= 0.3 is 5.97 Å². The van der Waals surface area contributed by atoms with Gasteiger partial charge in [-0.1, -0.05) is 23.2 Å². The minimum absolute atomic E-state index is 0.0463. The molecule has 0 aliphatic carbocycles. The zero-order chi connectivity index (χ0) is 11.6. The number of carbonyl (C=O) groups is 1. The Hall–Kier alpha value is -1.06. The Kier molecular flexibility index (Phi) is 3.72. The van der Waals surface area contributed by atoms with Crippen molar-refractivity contribution >= 4 is 34.7 Å². The summed E-state index contributed by atoms with van der Waals surface area (Å²) in [4.78, 5) is 10.4. The molecule has 0 heterocycles. The second-order valence-electron chi connectivity index (χ2n) is 2.87. The molecule has 80 valence electrons. The Morgan fingerprint density at radius 2 is 2.00 bits per heavy atom. The van der Waals surface area contributed by atoms with E-state index >= 15 is 0 Å². The number of allylic oxidation sites excluding steroid dienone is 1. The highest BCUT2D eigenvalue weighted by molar-refractivity contribution is 6.34. The summed E-state index contributed by atoms with van der Waals surface area (Å²) < 4.78 is 13.1. The van der Waals surface area contributed by atoms with Crippen molar-refractivity contribution in [2.24, 2.45) is 0 Å². The van der Waals surface area contributed by atoms with Crippen molar-refractivity contribution in [3.8, 4) is 0 Å². The predicted octanol–water partition coefficient (Wildman–Crippen LogP) is 3.78. The van der Waals surface area contributed by atoms with Crippen molar-refractivity contribution < 1.29 is 14.3 Å². The third-order valence-electron chi connectivity index (χ3n) is 1.85. The maximum Gasteiger partial charge on any atom is 0.365 e. The Balaban J connectivity index is 3.33. The molecule has 5 heteroatoms. The zero-order valence-corrected chi connectivity index (χ0v) is 9.23. The van der Waals surface area contributed by atoms with Crippen molar-refractivity contribution in [3.05, 3.63) is 39.6 Å². The van der Waals surface area contributed by atoms with Gasteiger partial charge in [0.1, 0.15) is 0 Å². The van der Waals surface area contributed by atoms with E-state index in [9.17, 15) is 9.18 Å². The summed E-state index contributed by atoms with van der Waals surface area (Å²) in [6.07, 6.45) is 0. The number of hydrogen-bond donors (Lipinski definition) is 1. The van der Waals surface area contributed by atoms with Crippen molar-refractivity contribution in [1.29, 1.82) is 0 Å². The molecule has 0 amide bonds. The molecular formula is C10H7Cl2FO2. The number of hydrogen-bond acceptors (Lipinski definition) is 1. The highest BCUT2D eigenvalue weighted by Crippen LogP contribution is 2.29. The third kappa shape index (κ3) is 2.70. The normalized spacial score (nSPS) is 12.3. The van der Waals surface area contributed by atoms with Gasteiger partial charge in [0.2, 0.25) is 5.83 Å². The first kappa shape index (κ1) is 12.0. The average Bonchev–Trinajstić information content (AvgIpc) is 2.19. The quantitative estimate of drug-likeness (QED) is 0.810. The van der Waals surface area contributed by atoms with Gasteiger partial charge in [0.25, 0.3) is 0 Å². The van der Waals surface area contributed by atoms with E-state index in [0.717, 1.165) is 0 Å². The molecule has 0 bridgehead atoms. The van der Waals surface area contributed by atoms with Gasteiger partial charge in [-0.05, 0) is 25.1 Å². The molecule has 2 nitrogen and oxygen atoms in total. The summed E-state index contributed by atoms with van der Waals surface area (Å²) in [7, 11) is 0. The molecule has 0 saturated carbocycles. The van der Waals surface area contributed by atoms with Crippen LogP contribution in [-0.2, 0) is 4.79 Å². The van der Waals surface area contributed by atoms with Crippen molar-refractivity contribution in [2.45, 2.75) is 6.92 Å². The first-order valence-electron chi connectivity index (χ1n) is 3.98. The number of aliphatic carboxylic acids is 1. The van der Waals surface area contributed by atoms with Crippen LogP contribution >= 0.6 is 23.2 Å². The topological polar surface area (TPSA) is 37.3 Å². The number of rotatable bonds is 2. The van der Waals surface area contributed by atoms with E-state index in [4.69, 9.17) is 28.3 Å². The average molecular weight is 249 g/mol. The van der Waals surface area contributed by atoms with Gasteiger partial charge < -0.3 is 5.11 Å². The van der Waals surface area contributed by atoms with Crippen molar-refractivity contribution in [1.82, 2.24) is 0 Å². The van der Waals surface area contributed by atoms with Crippen LogP contribution in [0.1, 0.15) is 12.5 Å². The van der Waals surface area contributed by atoms with E-state index in [1.165, 1.54) is 19.1 Å². The van der Waals surface area contributed by atoms with Crippen LogP contribution in [0.3, 0.4) is 0 Å². The minimum Gasteiger partial charge on any atom is -0.476 e. The van der Waals surface area contributed by atoms with Gasteiger partial charge in [-0.3, -0.25) is 0 Å². The molecule has 0 unspecified atom stereocenters. The molecule has 0 fully saturated rings. The fraction of sp³-hybridized carbons (Fsp3) is 0.100. The van der Waals surface area contributed by atoms with E-state index in [1.54, 1.807) is 6.07 Å². The van der Waals surface area contributed by atoms with Crippen LogP contribution in [0.5, 0.6) is 0 Å². The highest BCUT2D eigenvalue weighted by Gasteiger charge is 2.14. The smallest absolute Gasteiger partial charge is 0.365 e. The molecule has 0 aromatic heterocycles. The Labute approximate surface area is 95.9 Å². The van der Waals surface area contributed by atoms with Crippen LogP contribution < -0.4 is 0 Å². The molecule has 1 aromatic rings. The van der Waals surface area contributed by atoms with Crippen molar-refractivity contribution in [3.63, 3.8) is 0 Å². The highest BCUT2D eigenvalue weighted by atomic mass is 35.5. The number of benzene rings is 1. The van der Waals surface area contributed by atoms with Crippen LogP contribution in [-0.4, -0.2) is 11.1 Å². The molecule has 1 aromatic carbocycles. The zero-order valence-electron chi connectivity index (χ0n) is 7.72. The molecule has 0 radical (unpaired) electrons. The molecule has 0 atom stereocenters. The van der Waals surface area contributed by atoms with Crippen LogP contribution in [0.25, 0.3) is 5.57 Å². The largest absolute Gasteiger partial charge is 0.476 e. The molecular weight excluding hydrogens is 242 g/mol. The lowest BCUT2D eigenvalue weighted by Gasteiger charge is -2.05. The third-order valence-corrected chi connectivity index (χ3v) is 2.41. The van der Waals surface area contributed by atoms with E-state index in [0.29, 0.717) is 5.02 Å². The molecule has 0 spiro atoms. The summed E-state index contributed by atoms with van der Waals surface area (Å²) in [5.41, 5.74) is 0.235. The Bertz CT molecular complexity index is 441. The fourth-order valence-corrected chi connectivity index (χ4v) is 1.49. The lowest BCUT2D eigenvalue weighted by Crippen LogP contribution is -1.98.